The Morgan fingerprint density at radius 2 is 1.91 bits per heavy atom. The number of nitro benzene ring substituents is 1. The van der Waals surface area contributed by atoms with Gasteiger partial charge in [0.2, 0.25) is 0 Å². The molecule has 23 heavy (non-hydrogen) atoms. The molecule has 2 N–H and O–H groups in total. The van der Waals surface area contributed by atoms with Gasteiger partial charge in [0.1, 0.15) is 0 Å². The maximum Gasteiger partial charge on any atom is 0.367 e. The number of carbonyl (C=O) groups is 1. The Morgan fingerprint density at radius 1 is 1.26 bits per heavy atom. The molecule has 0 aromatic heterocycles. The second-order valence-electron chi connectivity index (χ2n) is 4.28. The molecule has 0 heterocycles. The van der Waals surface area contributed by atoms with Crippen LogP contribution in [0, 0.1) is 10.1 Å². The molecule has 0 amide bonds. The lowest BCUT2D eigenvalue weighted by Gasteiger charge is -2.03. The molecule has 0 saturated carbocycles. The van der Waals surface area contributed by atoms with Gasteiger partial charge in [-0.15, -0.1) is 0 Å². The molecular weight excluding hydrogens is 390 g/mol. The molecule has 0 spiro atoms. The van der Waals surface area contributed by atoms with Gasteiger partial charge < -0.3 is 10.6 Å². The van der Waals surface area contributed by atoms with Crippen LogP contribution in [-0.2, 0) is 4.84 Å². The van der Waals surface area contributed by atoms with E-state index in [2.05, 4.69) is 21.1 Å². The zero-order chi connectivity index (χ0) is 17.0. The van der Waals surface area contributed by atoms with Crippen molar-refractivity contribution >= 4 is 45.0 Å². The van der Waals surface area contributed by atoms with E-state index in [4.69, 9.17) is 22.2 Å². The predicted molar refractivity (Wildman–Crippen MR) is 88.4 cm³/mol. The average molecular weight is 399 g/mol. The topological polar surface area (TPSA) is 108 Å². The molecule has 118 valence electrons. The maximum absolute atomic E-state index is 11.9. The molecule has 0 radical (unpaired) electrons. The van der Waals surface area contributed by atoms with Crippen LogP contribution in [-0.4, -0.2) is 16.7 Å². The van der Waals surface area contributed by atoms with E-state index in [9.17, 15) is 14.9 Å². The summed E-state index contributed by atoms with van der Waals surface area (Å²) in [4.78, 5) is 26.7. The van der Waals surface area contributed by atoms with E-state index in [1.165, 1.54) is 36.4 Å². The quantitative estimate of drug-likeness (QED) is 0.279. The number of oxime groups is 1. The van der Waals surface area contributed by atoms with E-state index in [1.54, 1.807) is 6.07 Å². The van der Waals surface area contributed by atoms with Gasteiger partial charge in [0.15, 0.2) is 5.84 Å². The number of nitro groups is 1. The van der Waals surface area contributed by atoms with Crippen molar-refractivity contribution in [3.05, 3.63) is 73.2 Å². The summed E-state index contributed by atoms with van der Waals surface area (Å²) in [5, 5.41) is 14.3. The predicted octanol–water partition coefficient (Wildman–Crippen LogP) is 3.49. The molecule has 0 aliphatic carbocycles. The number of hydrogen-bond donors (Lipinski definition) is 1. The van der Waals surface area contributed by atoms with Gasteiger partial charge in [-0.25, -0.2) is 4.79 Å². The number of non-ortho nitro benzene ring substituents is 1. The minimum Gasteiger partial charge on any atom is -0.380 e. The summed E-state index contributed by atoms with van der Waals surface area (Å²) in [6.07, 6.45) is 0. The maximum atomic E-state index is 11.9. The van der Waals surface area contributed by atoms with Crippen molar-refractivity contribution < 1.29 is 14.6 Å². The summed E-state index contributed by atoms with van der Waals surface area (Å²) in [5.74, 6) is -0.875. The van der Waals surface area contributed by atoms with E-state index in [0.29, 0.717) is 10.0 Å². The van der Waals surface area contributed by atoms with Crippen LogP contribution in [0.15, 0.2) is 52.1 Å². The molecular formula is C14H9BrClN3O4. The van der Waals surface area contributed by atoms with E-state index in [1.807, 2.05) is 0 Å². The van der Waals surface area contributed by atoms with E-state index >= 15 is 0 Å². The molecule has 0 aliphatic heterocycles. The van der Waals surface area contributed by atoms with Gasteiger partial charge in [0.05, 0.1) is 15.5 Å². The third-order valence-electron chi connectivity index (χ3n) is 2.75. The largest absolute Gasteiger partial charge is 0.380 e. The number of amidine groups is 1. The highest BCUT2D eigenvalue weighted by atomic mass is 79.9. The Balaban J connectivity index is 2.13. The van der Waals surface area contributed by atoms with Crippen LogP contribution in [0.25, 0.3) is 0 Å². The fraction of sp³-hybridized carbons (Fsp3) is 0. The van der Waals surface area contributed by atoms with Crippen molar-refractivity contribution in [2.24, 2.45) is 10.9 Å². The van der Waals surface area contributed by atoms with Crippen LogP contribution >= 0.6 is 27.5 Å². The molecule has 0 unspecified atom stereocenters. The first-order valence-corrected chi connectivity index (χ1v) is 7.30. The van der Waals surface area contributed by atoms with Crippen molar-refractivity contribution in [3.63, 3.8) is 0 Å². The molecule has 2 rings (SSSR count). The van der Waals surface area contributed by atoms with Gasteiger partial charge >= 0.3 is 5.97 Å². The highest BCUT2D eigenvalue weighted by Crippen LogP contribution is 2.22. The Bertz CT molecular complexity index is 793. The molecule has 0 fully saturated rings. The number of halogens is 2. The molecule has 9 heteroatoms. The molecule has 0 saturated heterocycles. The molecule has 0 bridgehead atoms. The normalized spacial score (nSPS) is 11.1. The lowest BCUT2D eigenvalue weighted by atomic mass is 10.2. The van der Waals surface area contributed by atoms with E-state index < -0.39 is 10.9 Å². The lowest BCUT2D eigenvalue weighted by molar-refractivity contribution is -0.384. The number of nitrogens with two attached hydrogens (primary N) is 1. The molecule has 7 nitrogen and oxygen atoms in total. The first-order valence-electron chi connectivity index (χ1n) is 6.13. The second kappa shape index (κ2) is 7.21. The monoisotopic (exact) mass is 397 g/mol. The van der Waals surface area contributed by atoms with Gasteiger partial charge in [-0.2, -0.15) is 0 Å². The number of carbonyl (C=O) groups excluding carboxylic acids is 1. The Labute approximate surface area is 144 Å². The minimum absolute atomic E-state index is 0.0838. The van der Waals surface area contributed by atoms with Crippen LogP contribution < -0.4 is 5.73 Å². The average Bonchev–Trinajstić information content (AvgIpc) is 2.54. The highest BCUT2D eigenvalue weighted by Gasteiger charge is 2.13. The summed E-state index contributed by atoms with van der Waals surface area (Å²) in [7, 11) is 0. The van der Waals surface area contributed by atoms with Crippen LogP contribution in [0.3, 0.4) is 0 Å². The Kier molecular flexibility index (Phi) is 5.30. The zero-order valence-electron chi connectivity index (χ0n) is 11.4. The first kappa shape index (κ1) is 16.9. The highest BCUT2D eigenvalue weighted by molar-refractivity contribution is 9.10. The van der Waals surface area contributed by atoms with Crippen molar-refractivity contribution in [2.75, 3.05) is 0 Å². The molecule has 0 atom stereocenters. The first-order chi connectivity index (χ1) is 10.9. The van der Waals surface area contributed by atoms with Gasteiger partial charge in [0.25, 0.3) is 5.69 Å². The van der Waals surface area contributed by atoms with Gasteiger partial charge in [0, 0.05) is 22.2 Å². The van der Waals surface area contributed by atoms with Gasteiger partial charge in [-0.3, -0.25) is 10.1 Å². The molecule has 0 aliphatic rings. The summed E-state index contributed by atoms with van der Waals surface area (Å²) < 4.78 is 0.654. The number of nitrogens with zero attached hydrogens (tertiary/aromatic N) is 2. The minimum atomic E-state index is -0.777. The van der Waals surface area contributed by atoms with E-state index in [0.717, 1.165) is 0 Å². The fourth-order valence-corrected chi connectivity index (χ4v) is 2.16. The SMILES string of the molecule is N/C(=N/OC(=O)c1cc(Br)ccc1Cl)c1ccc([N+](=O)[O-])cc1. The third-order valence-corrected chi connectivity index (χ3v) is 3.57. The van der Waals surface area contributed by atoms with Gasteiger partial charge in [-0.1, -0.05) is 32.7 Å². The lowest BCUT2D eigenvalue weighted by Crippen LogP contribution is -2.15. The summed E-state index contributed by atoms with van der Waals surface area (Å²) in [5.41, 5.74) is 6.10. The summed E-state index contributed by atoms with van der Waals surface area (Å²) in [6, 6.07) is 10.0. The Morgan fingerprint density at radius 3 is 2.52 bits per heavy atom. The smallest absolute Gasteiger partial charge is 0.367 e. The van der Waals surface area contributed by atoms with Crippen molar-refractivity contribution in [3.8, 4) is 0 Å². The van der Waals surface area contributed by atoms with Crippen LogP contribution in [0.2, 0.25) is 5.02 Å². The second-order valence-corrected chi connectivity index (χ2v) is 5.61. The molecule has 2 aromatic carbocycles. The van der Waals surface area contributed by atoms with Crippen LogP contribution in [0.5, 0.6) is 0 Å². The van der Waals surface area contributed by atoms with Crippen molar-refractivity contribution in [1.82, 2.24) is 0 Å². The Hall–Kier alpha value is -2.45. The van der Waals surface area contributed by atoms with Crippen LogP contribution in [0.1, 0.15) is 15.9 Å². The third kappa shape index (κ3) is 4.27. The standard InChI is InChI=1S/C14H9BrClN3O4/c15-9-3-6-12(16)11(7-9)14(20)23-18-13(17)8-1-4-10(5-2-8)19(21)22/h1-7H,(H2,17,18). The number of rotatable bonds is 4. The fourth-order valence-electron chi connectivity index (χ4n) is 1.60. The zero-order valence-corrected chi connectivity index (χ0v) is 13.7. The number of benzene rings is 2. The molecule has 2 aromatic rings. The summed E-state index contributed by atoms with van der Waals surface area (Å²) in [6.45, 7) is 0. The number of hydrogen-bond acceptors (Lipinski definition) is 5. The van der Waals surface area contributed by atoms with Gasteiger partial charge in [-0.05, 0) is 30.3 Å². The van der Waals surface area contributed by atoms with Crippen molar-refractivity contribution in [1.29, 1.82) is 0 Å². The summed E-state index contributed by atoms with van der Waals surface area (Å²) >= 11 is 9.12. The van der Waals surface area contributed by atoms with E-state index in [-0.39, 0.29) is 22.1 Å². The van der Waals surface area contributed by atoms with Crippen LogP contribution in [0.4, 0.5) is 5.69 Å². The van der Waals surface area contributed by atoms with Crippen molar-refractivity contribution in [2.45, 2.75) is 0 Å².